The van der Waals surface area contributed by atoms with Crippen molar-refractivity contribution in [1.82, 2.24) is 19.8 Å². The summed E-state index contributed by atoms with van der Waals surface area (Å²) in [5.41, 5.74) is 2.28. The first kappa shape index (κ1) is 16.6. The number of rotatable bonds is 1. The molecular formula is C17H17F3N6. The van der Waals surface area contributed by atoms with Crippen molar-refractivity contribution < 1.29 is 13.2 Å². The molecule has 1 aromatic carbocycles. The van der Waals surface area contributed by atoms with Crippen LogP contribution in [0.3, 0.4) is 0 Å². The van der Waals surface area contributed by atoms with Gasteiger partial charge in [-0.05, 0) is 30.7 Å². The van der Waals surface area contributed by atoms with Crippen LogP contribution in [0.25, 0.3) is 5.65 Å². The third-order valence-corrected chi connectivity index (χ3v) is 4.61. The summed E-state index contributed by atoms with van der Waals surface area (Å²) in [6.07, 6.45) is -4.61. The number of aromatic nitrogens is 4. The molecule has 2 aromatic heterocycles. The number of hydrogen-bond donors (Lipinski definition) is 0. The van der Waals surface area contributed by atoms with E-state index in [2.05, 4.69) is 20.2 Å². The number of hydrogen-bond acceptors (Lipinski definition) is 5. The van der Waals surface area contributed by atoms with Gasteiger partial charge >= 0.3 is 6.18 Å². The smallest absolute Gasteiger partial charge is 0.372 e. The molecule has 0 radical (unpaired) electrons. The zero-order chi connectivity index (χ0) is 18.5. The lowest BCUT2D eigenvalue weighted by molar-refractivity contribution is -0.146. The monoisotopic (exact) mass is 362 g/mol. The standard InChI is InChI=1S/C17H17F3N6/c1-11-9-24(2)13-6-4-3-5-12(13)10-25(11)15-8-7-14-21-22-16(17(18,19)20)26(14)23-15/h3-8,11H,9-10H2,1-2H3. The molecule has 6 nitrogen and oxygen atoms in total. The molecule has 0 N–H and O–H groups in total. The first-order valence-electron chi connectivity index (χ1n) is 8.20. The van der Waals surface area contributed by atoms with E-state index in [1.165, 1.54) is 6.07 Å². The van der Waals surface area contributed by atoms with Crippen molar-refractivity contribution in [2.24, 2.45) is 0 Å². The van der Waals surface area contributed by atoms with Gasteiger partial charge in [-0.15, -0.1) is 15.3 Å². The highest BCUT2D eigenvalue weighted by molar-refractivity contribution is 5.58. The van der Waals surface area contributed by atoms with Crippen LogP contribution in [0.2, 0.25) is 0 Å². The van der Waals surface area contributed by atoms with Crippen LogP contribution in [0.1, 0.15) is 18.3 Å². The molecule has 1 atom stereocenters. The highest BCUT2D eigenvalue weighted by Gasteiger charge is 2.38. The number of halogens is 3. The minimum Gasteiger partial charge on any atom is -0.372 e. The minimum absolute atomic E-state index is 0.0585. The van der Waals surface area contributed by atoms with Crippen LogP contribution >= 0.6 is 0 Å². The molecule has 0 fully saturated rings. The number of para-hydroxylation sites is 1. The Kier molecular flexibility index (Phi) is 3.74. The van der Waals surface area contributed by atoms with E-state index in [1.54, 1.807) is 6.07 Å². The largest absolute Gasteiger partial charge is 0.453 e. The summed E-state index contributed by atoms with van der Waals surface area (Å²) in [4.78, 5) is 4.15. The average Bonchev–Trinajstić information content (AvgIpc) is 2.98. The van der Waals surface area contributed by atoms with Crippen molar-refractivity contribution in [2.75, 3.05) is 23.4 Å². The molecule has 1 aliphatic rings. The highest BCUT2D eigenvalue weighted by atomic mass is 19.4. The van der Waals surface area contributed by atoms with Crippen molar-refractivity contribution in [2.45, 2.75) is 25.7 Å². The molecule has 1 unspecified atom stereocenters. The zero-order valence-electron chi connectivity index (χ0n) is 14.3. The van der Waals surface area contributed by atoms with E-state index in [-0.39, 0.29) is 11.7 Å². The number of fused-ring (bicyclic) bond motifs is 2. The van der Waals surface area contributed by atoms with Gasteiger partial charge in [-0.2, -0.15) is 17.7 Å². The Bertz CT molecular complexity index is 951. The molecular weight excluding hydrogens is 345 g/mol. The summed E-state index contributed by atoms with van der Waals surface area (Å²) in [5.74, 6) is -0.658. The molecule has 4 rings (SSSR count). The summed E-state index contributed by atoms with van der Waals surface area (Å²) in [6, 6.07) is 11.3. The number of nitrogens with zero attached hydrogens (tertiary/aromatic N) is 6. The van der Waals surface area contributed by atoms with E-state index in [0.29, 0.717) is 12.4 Å². The van der Waals surface area contributed by atoms with E-state index < -0.39 is 12.0 Å². The van der Waals surface area contributed by atoms with Crippen molar-refractivity contribution in [3.63, 3.8) is 0 Å². The van der Waals surface area contributed by atoms with Crippen molar-refractivity contribution in [1.29, 1.82) is 0 Å². The summed E-state index contributed by atoms with van der Waals surface area (Å²) in [5, 5.41) is 11.0. The molecule has 0 spiro atoms. The van der Waals surface area contributed by atoms with Crippen LogP contribution in [-0.4, -0.2) is 39.4 Å². The van der Waals surface area contributed by atoms with Gasteiger partial charge in [0.1, 0.15) is 5.82 Å². The van der Waals surface area contributed by atoms with E-state index in [0.717, 1.165) is 22.3 Å². The first-order chi connectivity index (χ1) is 12.3. The lowest BCUT2D eigenvalue weighted by atomic mass is 10.1. The maximum absolute atomic E-state index is 13.1. The van der Waals surface area contributed by atoms with E-state index in [1.807, 2.05) is 43.1 Å². The Morgan fingerprint density at radius 2 is 1.85 bits per heavy atom. The second-order valence-electron chi connectivity index (χ2n) is 6.47. The fraction of sp³-hybridized carbons (Fsp3) is 0.353. The predicted molar refractivity (Wildman–Crippen MR) is 91.1 cm³/mol. The average molecular weight is 362 g/mol. The van der Waals surface area contributed by atoms with Gasteiger partial charge < -0.3 is 9.80 Å². The molecule has 3 aromatic rings. The molecule has 0 bridgehead atoms. The van der Waals surface area contributed by atoms with Crippen LogP contribution < -0.4 is 9.80 Å². The van der Waals surface area contributed by atoms with Crippen LogP contribution in [-0.2, 0) is 12.7 Å². The summed E-state index contributed by atoms with van der Waals surface area (Å²) < 4.78 is 40.2. The van der Waals surface area contributed by atoms with Gasteiger partial charge in [0, 0.05) is 31.9 Å². The molecule has 0 saturated heterocycles. The van der Waals surface area contributed by atoms with E-state index in [4.69, 9.17) is 0 Å². The normalized spacial score (nSPS) is 18.1. The molecule has 136 valence electrons. The molecule has 0 aliphatic carbocycles. The number of likely N-dealkylation sites (N-methyl/N-ethyl adjacent to an activating group) is 1. The lowest BCUT2D eigenvalue weighted by Crippen LogP contribution is -2.38. The van der Waals surface area contributed by atoms with Gasteiger partial charge in [0.15, 0.2) is 5.65 Å². The fourth-order valence-corrected chi connectivity index (χ4v) is 3.37. The number of anilines is 2. The van der Waals surface area contributed by atoms with Crippen LogP contribution in [0.5, 0.6) is 0 Å². The zero-order valence-corrected chi connectivity index (χ0v) is 14.3. The number of alkyl halides is 3. The van der Waals surface area contributed by atoms with Crippen LogP contribution in [0.4, 0.5) is 24.7 Å². The SMILES string of the molecule is CC1CN(C)c2ccccc2CN1c1ccc2nnc(C(F)(F)F)n2n1. The van der Waals surface area contributed by atoms with Crippen molar-refractivity contribution in [3.8, 4) is 0 Å². The summed E-state index contributed by atoms with van der Waals surface area (Å²) >= 11 is 0. The van der Waals surface area contributed by atoms with Gasteiger partial charge in [-0.25, -0.2) is 0 Å². The topological polar surface area (TPSA) is 49.6 Å². The van der Waals surface area contributed by atoms with Crippen LogP contribution in [0.15, 0.2) is 36.4 Å². The Hall–Kier alpha value is -2.84. The summed E-state index contributed by atoms with van der Waals surface area (Å²) in [6.45, 7) is 3.32. The molecule has 0 amide bonds. The second-order valence-corrected chi connectivity index (χ2v) is 6.47. The molecule has 1 aliphatic heterocycles. The summed E-state index contributed by atoms with van der Waals surface area (Å²) in [7, 11) is 2.01. The van der Waals surface area contributed by atoms with Gasteiger partial charge in [0.2, 0.25) is 0 Å². The lowest BCUT2D eigenvalue weighted by Gasteiger charge is -2.29. The maximum atomic E-state index is 13.1. The van der Waals surface area contributed by atoms with Crippen LogP contribution in [0, 0.1) is 0 Å². The molecule has 26 heavy (non-hydrogen) atoms. The Labute approximate surface area is 147 Å². The van der Waals surface area contributed by atoms with E-state index >= 15 is 0 Å². The Morgan fingerprint density at radius 3 is 2.62 bits per heavy atom. The quantitative estimate of drug-likeness (QED) is 0.666. The number of benzene rings is 1. The molecule has 9 heteroatoms. The minimum atomic E-state index is -4.61. The fourth-order valence-electron chi connectivity index (χ4n) is 3.37. The molecule has 0 saturated carbocycles. The Balaban J connectivity index is 1.79. The third kappa shape index (κ3) is 2.73. The second kappa shape index (κ2) is 5.86. The predicted octanol–water partition coefficient (Wildman–Crippen LogP) is 2.99. The van der Waals surface area contributed by atoms with Crippen molar-refractivity contribution >= 4 is 17.2 Å². The third-order valence-electron chi connectivity index (χ3n) is 4.61. The van der Waals surface area contributed by atoms with Gasteiger partial charge in [-0.1, -0.05) is 18.2 Å². The highest BCUT2D eigenvalue weighted by Crippen LogP contribution is 2.30. The Morgan fingerprint density at radius 1 is 1.08 bits per heavy atom. The van der Waals surface area contributed by atoms with Crippen molar-refractivity contribution in [3.05, 3.63) is 47.8 Å². The van der Waals surface area contributed by atoms with Gasteiger partial charge in [-0.3, -0.25) is 0 Å². The van der Waals surface area contributed by atoms with Gasteiger partial charge in [0.05, 0.1) is 0 Å². The maximum Gasteiger partial charge on any atom is 0.453 e. The van der Waals surface area contributed by atoms with Gasteiger partial charge in [0.25, 0.3) is 5.82 Å². The molecule has 3 heterocycles. The first-order valence-corrected chi connectivity index (χ1v) is 8.20. The van der Waals surface area contributed by atoms with E-state index in [9.17, 15) is 13.2 Å².